The fourth-order valence-corrected chi connectivity index (χ4v) is 2.74. The molecule has 1 heterocycles. The molecule has 0 aliphatic carbocycles. The highest BCUT2D eigenvalue weighted by Gasteiger charge is 2.27. The normalized spacial score (nSPS) is 18.4. The van der Waals surface area contributed by atoms with Crippen molar-refractivity contribution in [3.8, 4) is 0 Å². The van der Waals surface area contributed by atoms with Crippen molar-refractivity contribution in [3.05, 3.63) is 34.9 Å². The van der Waals surface area contributed by atoms with Crippen molar-refractivity contribution < 1.29 is 9.59 Å². The molecular formula is C16H23N3O2. The fourth-order valence-electron chi connectivity index (χ4n) is 2.74. The van der Waals surface area contributed by atoms with Crippen LogP contribution in [0.5, 0.6) is 0 Å². The van der Waals surface area contributed by atoms with Crippen LogP contribution in [0.3, 0.4) is 0 Å². The number of benzene rings is 1. The van der Waals surface area contributed by atoms with Crippen molar-refractivity contribution in [2.45, 2.75) is 39.2 Å². The summed E-state index contributed by atoms with van der Waals surface area (Å²) in [5.74, 6) is 0.0362. The van der Waals surface area contributed by atoms with Crippen molar-refractivity contribution in [1.29, 1.82) is 0 Å². The minimum absolute atomic E-state index is 0.0281. The summed E-state index contributed by atoms with van der Waals surface area (Å²) >= 11 is 0. The largest absolute Gasteiger partial charge is 0.352 e. The van der Waals surface area contributed by atoms with Crippen LogP contribution >= 0.6 is 0 Å². The Morgan fingerprint density at radius 2 is 2.05 bits per heavy atom. The van der Waals surface area contributed by atoms with E-state index in [0.29, 0.717) is 12.1 Å². The Kier molecular flexibility index (Phi) is 4.83. The lowest BCUT2D eigenvalue weighted by atomic mass is 9.99. The summed E-state index contributed by atoms with van der Waals surface area (Å²) in [7, 11) is 0. The minimum atomic E-state index is -0.542. The number of carbonyl (C=O) groups is 2. The lowest BCUT2D eigenvalue weighted by Gasteiger charge is -2.36. The molecule has 0 bridgehead atoms. The number of hydrogen-bond acceptors (Lipinski definition) is 2. The number of primary amides is 1. The van der Waals surface area contributed by atoms with Gasteiger partial charge in [0.15, 0.2) is 0 Å². The van der Waals surface area contributed by atoms with E-state index in [1.165, 1.54) is 5.56 Å². The molecule has 1 aliphatic heterocycles. The van der Waals surface area contributed by atoms with E-state index >= 15 is 0 Å². The van der Waals surface area contributed by atoms with Crippen LogP contribution in [0.25, 0.3) is 0 Å². The third-order valence-electron chi connectivity index (χ3n) is 4.15. The zero-order chi connectivity index (χ0) is 15.4. The van der Waals surface area contributed by atoms with Gasteiger partial charge in [0.1, 0.15) is 0 Å². The van der Waals surface area contributed by atoms with Gasteiger partial charge in [0.2, 0.25) is 0 Å². The molecule has 1 aliphatic rings. The monoisotopic (exact) mass is 289 g/mol. The molecule has 1 aromatic rings. The average molecular weight is 289 g/mol. The molecule has 3 N–H and O–H groups in total. The smallest absolute Gasteiger partial charge is 0.312 e. The summed E-state index contributed by atoms with van der Waals surface area (Å²) in [6.07, 6.45) is 2.97. The van der Waals surface area contributed by atoms with Gasteiger partial charge in [-0.2, -0.15) is 0 Å². The first-order chi connectivity index (χ1) is 9.99. The molecule has 5 nitrogen and oxygen atoms in total. The molecule has 0 saturated carbocycles. The van der Waals surface area contributed by atoms with Crippen molar-refractivity contribution in [2.24, 2.45) is 5.73 Å². The first-order valence-electron chi connectivity index (χ1n) is 7.40. The molecule has 1 aromatic carbocycles. The van der Waals surface area contributed by atoms with E-state index in [4.69, 9.17) is 5.73 Å². The number of rotatable bonds is 3. The highest BCUT2D eigenvalue weighted by Crippen LogP contribution is 2.20. The van der Waals surface area contributed by atoms with Crippen molar-refractivity contribution >= 4 is 11.9 Å². The Hall–Kier alpha value is -2.04. The Balaban J connectivity index is 2.13. The number of likely N-dealkylation sites (tertiary alicyclic amines) is 1. The van der Waals surface area contributed by atoms with Gasteiger partial charge in [0.25, 0.3) is 5.91 Å². The van der Waals surface area contributed by atoms with Gasteiger partial charge < -0.3 is 16.0 Å². The predicted molar refractivity (Wildman–Crippen MR) is 82.2 cm³/mol. The molecule has 0 aromatic heterocycles. The number of piperidine rings is 1. The molecule has 1 saturated heterocycles. The molecule has 2 rings (SSSR count). The summed E-state index contributed by atoms with van der Waals surface area (Å²) in [6, 6.07) is 5.27. The number of nitrogens with two attached hydrogens (primary N) is 1. The number of urea groups is 1. The fraction of sp³-hybridized carbons (Fsp3) is 0.500. The highest BCUT2D eigenvalue weighted by atomic mass is 16.2. The van der Waals surface area contributed by atoms with Crippen LogP contribution in [-0.2, 0) is 0 Å². The molecule has 114 valence electrons. The van der Waals surface area contributed by atoms with Gasteiger partial charge in [0.05, 0.1) is 0 Å². The topological polar surface area (TPSA) is 75.4 Å². The summed E-state index contributed by atoms with van der Waals surface area (Å²) < 4.78 is 0. The number of nitrogens with one attached hydrogen (secondary N) is 1. The van der Waals surface area contributed by atoms with E-state index in [1.807, 2.05) is 36.9 Å². The lowest BCUT2D eigenvalue weighted by Crippen LogP contribution is -2.50. The number of carbonyl (C=O) groups excluding carboxylic acids is 2. The Morgan fingerprint density at radius 3 is 2.71 bits per heavy atom. The molecule has 0 spiro atoms. The van der Waals surface area contributed by atoms with Crippen LogP contribution in [-0.4, -0.2) is 36.0 Å². The van der Waals surface area contributed by atoms with E-state index in [0.717, 1.165) is 31.4 Å². The van der Waals surface area contributed by atoms with Crippen molar-refractivity contribution in [3.63, 3.8) is 0 Å². The number of aryl methyl sites for hydroxylation is 2. The standard InChI is InChI=1S/C16H23N3O2/c1-11-6-7-13(9-12(11)2)15(20)19-8-4-3-5-14(19)10-18-16(17)21/h6-7,9,14H,3-5,8,10H2,1-2H3,(H3,17,18,21)/t14-/m0/s1. The second kappa shape index (κ2) is 6.61. The van der Waals surface area contributed by atoms with E-state index in [9.17, 15) is 9.59 Å². The Labute approximate surface area is 125 Å². The van der Waals surface area contributed by atoms with Crippen LogP contribution in [0.2, 0.25) is 0 Å². The summed E-state index contributed by atoms with van der Waals surface area (Å²) in [5, 5.41) is 2.62. The van der Waals surface area contributed by atoms with Crippen molar-refractivity contribution in [1.82, 2.24) is 10.2 Å². The van der Waals surface area contributed by atoms with Crippen LogP contribution < -0.4 is 11.1 Å². The molecule has 5 heteroatoms. The number of nitrogens with zero attached hydrogens (tertiary/aromatic N) is 1. The molecule has 1 fully saturated rings. The Morgan fingerprint density at radius 1 is 1.29 bits per heavy atom. The SMILES string of the molecule is Cc1ccc(C(=O)N2CCCC[C@H]2CNC(N)=O)cc1C. The van der Waals surface area contributed by atoms with E-state index < -0.39 is 6.03 Å². The molecule has 21 heavy (non-hydrogen) atoms. The van der Waals surface area contributed by atoms with Crippen LogP contribution in [0.4, 0.5) is 4.79 Å². The van der Waals surface area contributed by atoms with E-state index in [-0.39, 0.29) is 11.9 Å². The quantitative estimate of drug-likeness (QED) is 0.892. The summed E-state index contributed by atoms with van der Waals surface area (Å²) in [6.45, 7) is 5.20. The summed E-state index contributed by atoms with van der Waals surface area (Å²) in [5.41, 5.74) is 8.13. The van der Waals surface area contributed by atoms with Gasteiger partial charge >= 0.3 is 6.03 Å². The van der Waals surface area contributed by atoms with Gasteiger partial charge in [0, 0.05) is 24.7 Å². The minimum Gasteiger partial charge on any atom is -0.352 e. The predicted octanol–water partition coefficient (Wildman–Crippen LogP) is 1.97. The highest BCUT2D eigenvalue weighted by molar-refractivity contribution is 5.94. The maximum Gasteiger partial charge on any atom is 0.312 e. The lowest BCUT2D eigenvalue weighted by molar-refractivity contribution is 0.0615. The van der Waals surface area contributed by atoms with E-state index in [1.54, 1.807) is 0 Å². The number of hydrogen-bond donors (Lipinski definition) is 2. The van der Waals surface area contributed by atoms with Crippen LogP contribution in [0.1, 0.15) is 40.7 Å². The third-order valence-corrected chi connectivity index (χ3v) is 4.15. The second-order valence-electron chi connectivity index (χ2n) is 5.69. The maximum atomic E-state index is 12.7. The third kappa shape index (κ3) is 3.74. The second-order valence-corrected chi connectivity index (χ2v) is 5.69. The van der Waals surface area contributed by atoms with Crippen LogP contribution in [0.15, 0.2) is 18.2 Å². The van der Waals surface area contributed by atoms with E-state index in [2.05, 4.69) is 5.32 Å². The molecule has 3 amide bonds. The van der Waals surface area contributed by atoms with Gasteiger partial charge in [-0.1, -0.05) is 6.07 Å². The van der Waals surface area contributed by atoms with Gasteiger partial charge in [-0.3, -0.25) is 4.79 Å². The first-order valence-corrected chi connectivity index (χ1v) is 7.40. The van der Waals surface area contributed by atoms with Crippen LogP contribution in [0, 0.1) is 13.8 Å². The molecule has 0 unspecified atom stereocenters. The number of amides is 3. The Bertz CT molecular complexity index is 542. The maximum absolute atomic E-state index is 12.7. The van der Waals surface area contributed by atoms with Gasteiger partial charge in [-0.15, -0.1) is 0 Å². The average Bonchev–Trinajstić information content (AvgIpc) is 2.47. The molecular weight excluding hydrogens is 266 g/mol. The first kappa shape index (κ1) is 15.4. The van der Waals surface area contributed by atoms with Crippen molar-refractivity contribution in [2.75, 3.05) is 13.1 Å². The summed E-state index contributed by atoms with van der Waals surface area (Å²) in [4.78, 5) is 25.4. The zero-order valence-corrected chi connectivity index (χ0v) is 12.7. The van der Waals surface area contributed by atoms with Gasteiger partial charge in [-0.25, -0.2) is 4.79 Å². The zero-order valence-electron chi connectivity index (χ0n) is 12.7. The van der Waals surface area contributed by atoms with Gasteiger partial charge in [-0.05, 0) is 56.4 Å². The molecule has 1 atom stereocenters. The molecule has 0 radical (unpaired) electrons.